The Hall–Kier alpha value is -1.51. The largest absolute Gasteiger partial charge is 0.480 e. The minimum atomic E-state index is -3.73. The van der Waals surface area contributed by atoms with Crippen LogP contribution in [0.1, 0.15) is 12.1 Å². The summed E-state index contributed by atoms with van der Waals surface area (Å²) in [6, 6.07) is 3.85. The van der Waals surface area contributed by atoms with E-state index >= 15 is 0 Å². The first-order valence-electron chi connectivity index (χ1n) is 5.68. The molecule has 0 amide bonds. The van der Waals surface area contributed by atoms with E-state index in [0.717, 1.165) is 0 Å². The Bertz CT molecular complexity index is 503. The van der Waals surface area contributed by atoms with E-state index in [1.165, 1.54) is 0 Å². The molecular formula is C11H16N2O5S. The van der Waals surface area contributed by atoms with Crippen LogP contribution in [0.5, 0.6) is 0 Å². The van der Waals surface area contributed by atoms with Crippen molar-refractivity contribution in [3.63, 3.8) is 0 Å². The number of aliphatic carboxylic acids is 1. The number of aliphatic hydroxyl groups is 1. The molecule has 0 unspecified atom stereocenters. The highest BCUT2D eigenvalue weighted by molar-refractivity contribution is 7.89. The molecule has 3 N–H and O–H groups in total. The fourth-order valence-electron chi connectivity index (χ4n) is 1.42. The second-order valence-electron chi connectivity index (χ2n) is 3.91. The molecule has 0 bridgehead atoms. The molecule has 1 rings (SSSR count). The molecule has 0 aliphatic rings. The molecule has 1 aromatic rings. The highest BCUT2D eigenvalue weighted by atomic mass is 32.2. The molecule has 1 atom stereocenters. The summed E-state index contributed by atoms with van der Waals surface area (Å²) in [4.78, 5) is 14.8. The van der Waals surface area contributed by atoms with E-state index in [-0.39, 0.29) is 18.6 Å². The van der Waals surface area contributed by atoms with Crippen molar-refractivity contribution in [1.29, 1.82) is 0 Å². The summed E-state index contributed by atoms with van der Waals surface area (Å²) in [5, 5.41) is 17.5. The molecule has 0 spiro atoms. The Balaban J connectivity index is 2.58. The van der Waals surface area contributed by atoms with Gasteiger partial charge in [-0.1, -0.05) is 6.07 Å². The van der Waals surface area contributed by atoms with Gasteiger partial charge < -0.3 is 10.2 Å². The topological polar surface area (TPSA) is 117 Å². The van der Waals surface area contributed by atoms with Crippen molar-refractivity contribution in [2.45, 2.75) is 18.9 Å². The molecular weight excluding hydrogens is 272 g/mol. The molecule has 0 aromatic carbocycles. The van der Waals surface area contributed by atoms with Crippen LogP contribution in [-0.2, 0) is 21.2 Å². The van der Waals surface area contributed by atoms with Crippen molar-refractivity contribution in [3.05, 3.63) is 30.1 Å². The van der Waals surface area contributed by atoms with Gasteiger partial charge in [-0.2, -0.15) is 0 Å². The molecule has 106 valence electrons. The lowest BCUT2D eigenvalue weighted by Crippen LogP contribution is -2.42. The van der Waals surface area contributed by atoms with Gasteiger partial charge in [-0.25, -0.2) is 13.1 Å². The first-order chi connectivity index (χ1) is 8.94. The van der Waals surface area contributed by atoms with Crippen LogP contribution in [0, 0.1) is 0 Å². The van der Waals surface area contributed by atoms with Crippen LogP contribution in [0.2, 0.25) is 0 Å². The number of carboxylic acid groups (broad SMARTS) is 1. The highest BCUT2D eigenvalue weighted by Crippen LogP contribution is 2.00. The Labute approximate surface area is 111 Å². The van der Waals surface area contributed by atoms with Gasteiger partial charge in [0, 0.05) is 24.9 Å². The summed E-state index contributed by atoms with van der Waals surface area (Å²) in [5.74, 6) is -1.56. The van der Waals surface area contributed by atoms with E-state index in [1.54, 1.807) is 24.4 Å². The van der Waals surface area contributed by atoms with E-state index in [4.69, 9.17) is 10.2 Å². The molecule has 0 fully saturated rings. The maximum absolute atomic E-state index is 11.7. The number of sulfonamides is 1. The van der Waals surface area contributed by atoms with Gasteiger partial charge in [0.2, 0.25) is 10.0 Å². The van der Waals surface area contributed by atoms with Crippen LogP contribution in [0.25, 0.3) is 0 Å². The van der Waals surface area contributed by atoms with Crippen molar-refractivity contribution in [1.82, 2.24) is 9.71 Å². The smallest absolute Gasteiger partial charge is 0.321 e. The molecule has 0 aliphatic heterocycles. The van der Waals surface area contributed by atoms with Gasteiger partial charge in [-0.15, -0.1) is 0 Å². The Morgan fingerprint density at radius 1 is 1.42 bits per heavy atom. The fraction of sp³-hybridized carbons (Fsp3) is 0.455. The van der Waals surface area contributed by atoms with E-state index in [2.05, 4.69) is 4.98 Å². The number of pyridine rings is 1. The van der Waals surface area contributed by atoms with Crippen molar-refractivity contribution < 1.29 is 23.4 Å². The normalized spacial score (nSPS) is 13.1. The maximum Gasteiger partial charge on any atom is 0.321 e. The molecule has 1 aromatic heterocycles. The van der Waals surface area contributed by atoms with E-state index in [1.807, 2.05) is 4.72 Å². The third-order valence-electron chi connectivity index (χ3n) is 2.39. The zero-order valence-corrected chi connectivity index (χ0v) is 11.0. The molecule has 19 heavy (non-hydrogen) atoms. The van der Waals surface area contributed by atoms with E-state index in [9.17, 15) is 13.2 Å². The number of carboxylic acids is 1. The van der Waals surface area contributed by atoms with Gasteiger partial charge >= 0.3 is 5.97 Å². The number of aromatic nitrogens is 1. The summed E-state index contributed by atoms with van der Waals surface area (Å²) in [5.41, 5.74) is 0.613. The van der Waals surface area contributed by atoms with E-state index < -0.39 is 28.6 Å². The number of nitrogens with one attached hydrogen (secondary N) is 1. The van der Waals surface area contributed by atoms with Gasteiger partial charge in [0.1, 0.15) is 6.04 Å². The lowest BCUT2D eigenvalue weighted by atomic mass is 10.2. The molecule has 8 heteroatoms. The van der Waals surface area contributed by atoms with Gasteiger partial charge in [0.25, 0.3) is 0 Å². The predicted octanol–water partition coefficient (Wildman–Crippen LogP) is -0.621. The van der Waals surface area contributed by atoms with Crippen molar-refractivity contribution >= 4 is 16.0 Å². The lowest BCUT2D eigenvalue weighted by Gasteiger charge is -2.13. The summed E-state index contributed by atoms with van der Waals surface area (Å²) in [6.45, 7) is -0.403. The maximum atomic E-state index is 11.7. The molecule has 0 saturated heterocycles. The summed E-state index contributed by atoms with van der Waals surface area (Å²) in [6.07, 6.45) is 1.58. The number of rotatable bonds is 8. The van der Waals surface area contributed by atoms with Gasteiger partial charge in [-0.05, 0) is 18.6 Å². The van der Waals surface area contributed by atoms with Crippen molar-refractivity contribution in [2.75, 3.05) is 12.4 Å². The second kappa shape index (κ2) is 7.17. The number of hydrogen-bond donors (Lipinski definition) is 3. The minimum Gasteiger partial charge on any atom is -0.480 e. The van der Waals surface area contributed by atoms with Crippen LogP contribution < -0.4 is 4.72 Å². The Morgan fingerprint density at radius 2 is 2.16 bits per heavy atom. The van der Waals surface area contributed by atoms with Crippen LogP contribution in [0.3, 0.4) is 0 Å². The SMILES string of the molecule is O=C(O)[C@@H](CCO)NS(=O)(=O)CCc1ccccn1. The van der Waals surface area contributed by atoms with Gasteiger partial charge in [0.05, 0.1) is 5.75 Å². The Kier molecular flexibility index (Phi) is 5.87. The van der Waals surface area contributed by atoms with Crippen molar-refractivity contribution in [3.8, 4) is 0 Å². The first-order valence-corrected chi connectivity index (χ1v) is 7.33. The monoisotopic (exact) mass is 288 g/mol. The number of carbonyl (C=O) groups is 1. The second-order valence-corrected chi connectivity index (χ2v) is 5.78. The fourth-order valence-corrected chi connectivity index (χ4v) is 2.67. The average molecular weight is 288 g/mol. The van der Waals surface area contributed by atoms with Crippen LogP contribution in [0.4, 0.5) is 0 Å². The number of aliphatic hydroxyl groups excluding tert-OH is 1. The van der Waals surface area contributed by atoms with Crippen molar-refractivity contribution in [2.24, 2.45) is 0 Å². The number of hydrogen-bond acceptors (Lipinski definition) is 5. The number of nitrogens with zero attached hydrogens (tertiary/aromatic N) is 1. The summed E-state index contributed by atoms with van der Waals surface area (Å²) >= 11 is 0. The zero-order chi connectivity index (χ0) is 14.3. The van der Waals surface area contributed by atoms with Gasteiger partial charge in [-0.3, -0.25) is 9.78 Å². The number of aryl methyl sites for hydroxylation is 1. The quantitative estimate of drug-likeness (QED) is 0.587. The third-order valence-corrected chi connectivity index (χ3v) is 3.78. The first kappa shape index (κ1) is 15.5. The molecule has 0 radical (unpaired) electrons. The average Bonchev–Trinajstić information content (AvgIpc) is 2.37. The van der Waals surface area contributed by atoms with Crippen LogP contribution in [-0.4, -0.2) is 48.0 Å². The molecule has 0 saturated carbocycles. The van der Waals surface area contributed by atoms with E-state index in [0.29, 0.717) is 5.69 Å². The van der Waals surface area contributed by atoms with Crippen LogP contribution >= 0.6 is 0 Å². The summed E-state index contributed by atoms with van der Waals surface area (Å²) < 4.78 is 25.5. The third kappa shape index (κ3) is 5.77. The van der Waals surface area contributed by atoms with Gasteiger partial charge in [0.15, 0.2) is 0 Å². The Morgan fingerprint density at radius 3 is 2.68 bits per heavy atom. The van der Waals surface area contributed by atoms with Crippen LogP contribution in [0.15, 0.2) is 24.4 Å². The summed E-state index contributed by atoms with van der Waals surface area (Å²) in [7, 11) is -3.73. The zero-order valence-electron chi connectivity index (χ0n) is 10.2. The molecule has 1 heterocycles. The minimum absolute atomic E-state index is 0.169. The molecule has 0 aliphatic carbocycles. The highest BCUT2D eigenvalue weighted by Gasteiger charge is 2.23. The molecule has 7 nitrogen and oxygen atoms in total. The predicted molar refractivity (Wildman–Crippen MR) is 68.0 cm³/mol. The standard InChI is InChI=1S/C11H16N2O5S/c14-7-4-10(11(15)16)13-19(17,18)8-5-9-3-1-2-6-12-9/h1-3,6,10,13-14H,4-5,7-8H2,(H,15,16)/t10-/m1/s1. The lowest BCUT2D eigenvalue weighted by molar-refractivity contribution is -0.139.